The van der Waals surface area contributed by atoms with E-state index >= 15 is 0 Å². The standard InChI is InChI=1S/C44H54N7O7PS.CH4/c1-28-20-43(3)22-31(58-18-16-45-15-7-19-59(55,56)57)23-44(21-28,26-43)27-51-29(2)34(24-46-51)32-12-13-38(48-39(32)41(53)54)50-17-14-30-8-6-9-33(35(30)25-50)40(52)49-42-47-36-10-4-5-11-37(36)60-42;/h4-6,8-13,24,28,31,45H,7,14-23,25-27H2,1-3H3,(H,53,54)(H,47,49,52)(H2,55,56,57);1H4. The van der Waals surface area contributed by atoms with Gasteiger partial charge in [0.1, 0.15) is 5.82 Å². The number of amides is 1. The molecule has 2 aliphatic carbocycles. The number of pyridine rings is 1. The number of hydrogen-bond acceptors (Lipinski definition) is 10. The number of anilines is 2. The number of carboxylic acids is 1. The molecule has 14 nitrogen and oxygen atoms in total. The highest BCUT2D eigenvalue weighted by Crippen LogP contribution is 2.58. The van der Waals surface area contributed by atoms with E-state index in [1.807, 2.05) is 71.1 Å². The first-order valence-electron chi connectivity index (χ1n) is 20.8. The normalized spacial score (nSPS) is 22.4. The topological polar surface area (TPSA) is 192 Å². The minimum Gasteiger partial charge on any atom is -0.476 e. The van der Waals surface area contributed by atoms with E-state index < -0.39 is 13.6 Å². The second-order valence-corrected chi connectivity index (χ2v) is 20.4. The number of fused-ring (bicyclic) bond motifs is 4. The van der Waals surface area contributed by atoms with Gasteiger partial charge in [-0.25, -0.2) is 14.8 Å². The van der Waals surface area contributed by atoms with Gasteiger partial charge in [-0.1, -0.05) is 56.9 Å². The van der Waals surface area contributed by atoms with Gasteiger partial charge in [-0.05, 0) is 117 Å². The van der Waals surface area contributed by atoms with Crippen LogP contribution in [0, 0.1) is 23.7 Å². The molecule has 2 saturated carbocycles. The first-order chi connectivity index (χ1) is 28.7. The molecule has 1 aliphatic heterocycles. The number of para-hydroxylation sites is 1. The molecule has 4 heterocycles. The SMILES string of the molecule is C.Cc1c(-c2ccc(N3CCc4cccc(C(=O)Nc5nc6ccccc6s5)c4C3)nc2C(=O)O)cnn1CC12CC(C)CC(C)(CC(OCCNCCCP(=O)(O)O)C1)C2. The predicted molar refractivity (Wildman–Crippen MR) is 240 cm³/mol. The summed E-state index contributed by atoms with van der Waals surface area (Å²) < 4.78 is 20.7. The molecule has 3 aliphatic rings. The van der Waals surface area contributed by atoms with E-state index in [1.54, 1.807) is 6.20 Å². The van der Waals surface area contributed by atoms with E-state index in [9.17, 15) is 19.3 Å². The lowest BCUT2D eigenvalue weighted by Gasteiger charge is -2.55. The summed E-state index contributed by atoms with van der Waals surface area (Å²) in [4.78, 5) is 56.1. The Balaban J connectivity index is 0.00000561. The minimum absolute atomic E-state index is 0. The van der Waals surface area contributed by atoms with Crippen LogP contribution in [0.2, 0.25) is 0 Å². The zero-order valence-corrected chi connectivity index (χ0v) is 36.1. The van der Waals surface area contributed by atoms with Gasteiger partial charge in [-0.3, -0.25) is 19.4 Å². The highest BCUT2D eigenvalue weighted by Gasteiger charge is 2.51. The van der Waals surface area contributed by atoms with Gasteiger partial charge in [0.2, 0.25) is 0 Å². The second-order valence-electron chi connectivity index (χ2n) is 17.6. The summed E-state index contributed by atoms with van der Waals surface area (Å²) in [6.07, 6.45) is 7.98. The molecule has 4 unspecified atom stereocenters. The molecule has 2 aromatic carbocycles. The third kappa shape index (κ3) is 10.1. The Bertz CT molecular complexity index is 2420. The fraction of sp³-hybridized carbons (Fsp3) is 0.489. The molecule has 4 atom stereocenters. The monoisotopic (exact) mass is 871 g/mol. The Kier molecular flexibility index (Phi) is 13.2. The maximum Gasteiger partial charge on any atom is 0.355 e. The van der Waals surface area contributed by atoms with Crippen LogP contribution < -0.4 is 15.5 Å². The van der Waals surface area contributed by atoms with Crippen LogP contribution in [0.15, 0.2) is 60.8 Å². The zero-order chi connectivity index (χ0) is 42.2. The van der Waals surface area contributed by atoms with Crippen LogP contribution in [-0.2, 0) is 28.8 Å². The van der Waals surface area contributed by atoms with Crippen molar-refractivity contribution < 1.29 is 33.8 Å². The minimum atomic E-state index is -3.98. The number of nitrogens with zero attached hydrogens (tertiary/aromatic N) is 5. The Morgan fingerprint density at radius 2 is 1.84 bits per heavy atom. The number of carboxylic acid groups (broad SMARTS) is 1. The van der Waals surface area contributed by atoms with Crippen molar-refractivity contribution >= 4 is 52.0 Å². The number of thiazole rings is 1. The number of ether oxygens (including phenoxy) is 1. The van der Waals surface area contributed by atoms with Crippen LogP contribution in [0.1, 0.15) is 97.5 Å². The molecule has 326 valence electrons. The third-order valence-corrected chi connectivity index (χ3v) is 14.4. The Hall–Kier alpha value is -4.50. The van der Waals surface area contributed by atoms with Crippen molar-refractivity contribution in [1.82, 2.24) is 25.1 Å². The molecule has 8 rings (SSSR count). The van der Waals surface area contributed by atoms with Crippen molar-refractivity contribution in [1.29, 1.82) is 0 Å². The Morgan fingerprint density at radius 1 is 1.02 bits per heavy atom. The van der Waals surface area contributed by atoms with Crippen molar-refractivity contribution in [3.8, 4) is 11.1 Å². The summed E-state index contributed by atoms with van der Waals surface area (Å²) >= 11 is 1.43. The number of hydrogen-bond donors (Lipinski definition) is 5. The fourth-order valence-corrected chi connectivity index (χ4v) is 12.0. The third-order valence-electron chi connectivity index (χ3n) is 12.6. The largest absolute Gasteiger partial charge is 0.476 e. The van der Waals surface area contributed by atoms with Crippen LogP contribution in [-0.4, -0.2) is 85.0 Å². The number of rotatable bonds is 15. The lowest BCUT2D eigenvalue weighted by molar-refractivity contribution is -0.109. The first kappa shape index (κ1) is 44.6. The number of nitrogens with one attached hydrogen (secondary N) is 2. The fourth-order valence-electron chi connectivity index (χ4n) is 10.5. The van der Waals surface area contributed by atoms with Crippen LogP contribution in [0.5, 0.6) is 0 Å². The zero-order valence-electron chi connectivity index (χ0n) is 34.4. The molecule has 2 fully saturated rings. The summed E-state index contributed by atoms with van der Waals surface area (Å²) in [5.74, 6) is -0.267. The molecule has 0 radical (unpaired) electrons. The van der Waals surface area contributed by atoms with Crippen molar-refractivity contribution in [2.45, 2.75) is 92.3 Å². The van der Waals surface area contributed by atoms with Gasteiger partial charge in [0.25, 0.3) is 5.91 Å². The number of aromatic nitrogens is 4. The van der Waals surface area contributed by atoms with Gasteiger partial charge in [0.05, 0.1) is 35.3 Å². The van der Waals surface area contributed by atoms with E-state index in [0.29, 0.717) is 80.2 Å². The Morgan fingerprint density at radius 3 is 2.62 bits per heavy atom. The summed E-state index contributed by atoms with van der Waals surface area (Å²) in [5.41, 5.74) is 5.55. The number of benzene rings is 2. The number of carbonyl (C=O) groups excluding carboxylic acids is 1. The van der Waals surface area contributed by atoms with E-state index in [4.69, 9.17) is 24.6 Å². The lowest BCUT2D eigenvalue weighted by Crippen LogP contribution is -2.49. The summed E-state index contributed by atoms with van der Waals surface area (Å²) in [7, 11) is -3.98. The number of carbonyl (C=O) groups is 2. The van der Waals surface area contributed by atoms with Gasteiger partial charge < -0.3 is 29.8 Å². The second kappa shape index (κ2) is 18.1. The van der Waals surface area contributed by atoms with Gasteiger partial charge >= 0.3 is 13.6 Å². The highest BCUT2D eigenvalue weighted by atomic mass is 32.1. The van der Waals surface area contributed by atoms with Crippen molar-refractivity contribution in [3.05, 3.63) is 88.9 Å². The van der Waals surface area contributed by atoms with Crippen molar-refractivity contribution in [2.75, 3.05) is 42.6 Å². The van der Waals surface area contributed by atoms with E-state index in [-0.39, 0.29) is 42.1 Å². The lowest BCUT2D eigenvalue weighted by atomic mass is 9.52. The molecular weight excluding hydrogens is 814 g/mol. The van der Waals surface area contributed by atoms with Gasteiger partial charge in [0, 0.05) is 48.6 Å². The quantitative estimate of drug-likeness (QED) is 0.0502. The van der Waals surface area contributed by atoms with Crippen LogP contribution >= 0.6 is 18.9 Å². The maximum atomic E-state index is 13.6. The molecule has 0 saturated heterocycles. The molecule has 3 aromatic heterocycles. The van der Waals surface area contributed by atoms with Crippen LogP contribution in [0.3, 0.4) is 0 Å². The summed E-state index contributed by atoms with van der Waals surface area (Å²) in [6.45, 7) is 10.1. The summed E-state index contributed by atoms with van der Waals surface area (Å²) in [5, 5.41) is 22.2. The van der Waals surface area contributed by atoms with Crippen LogP contribution in [0.25, 0.3) is 21.3 Å². The molecule has 16 heteroatoms. The maximum absolute atomic E-state index is 13.6. The molecule has 1 amide bonds. The molecular formula is C45H58N7O7PS. The predicted octanol–water partition coefficient (Wildman–Crippen LogP) is 8.16. The first-order valence-corrected chi connectivity index (χ1v) is 23.4. The van der Waals surface area contributed by atoms with Crippen LogP contribution in [0.4, 0.5) is 10.9 Å². The van der Waals surface area contributed by atoms with E-state index in [0.717, 1.165) is 64.7 Å². The molecule has 2 bridgehead atoms. The van der Waals surface area contributed by atoms with Crippen molar-refractivity contribution in [2.24, 2.45) is 16.7 Å². The van der Waals surface area contributed by atoms with E-state index in [1.165, 1.54) is 11.3 Å². The van der Waals surface area contributed by atoms with Crippen molar-refractivity contribution in [3.63, 3.8) is 0 Å². The Labute approximate surface area is 361 Å². The van der Waals surface area contributed by atoms with Gasteiger partial charge in [0.15, 0.2) is 10.8 Å². The molecule has 61 heavy (non-hydrogen) atoms. The smallest absolute Gasteiger partial charge is 0.355 e. The highest BCUT2D eigenvalue weighted by molar-refractivity contribution is 7.51. The van der Waals surface area contributed by atoms with E-state index in [2.05, 4.69) is 29.5 Å². The molecule has 0 spiro atoms. The molecule has 5 aromatic rings. The average molecular weight is 872 g/mol. The average Bonchev–Trinajstić information content (AvgIpc) is 3.77. The number of aromatic carboxylic acids is 1. The molecule has 5 N–H and O–H groups in total. The van der Waals surface area contributed by atoms with Gasteiger partial charge in [-0.2, -0.15) is 5.10 Å². The summed E-state index contributed by atoms with van der Waals surface area (Å²) in [6, 6.07) is 17.2. The van der Waals surface area contributed by atoms with Gasteiger partial charge in [-0.15, -0.1) is 0 Å².